The Bertz CT molecular complexity index is 1040. The Morgan fingerprint density at radius 2 is 2.03 bits per heavy atom. The van der Waals surface area contributed by atoms with Crippen LogP contribution in [0, 0.1) is 5.82 Å². The van der Waals surface area contributed by atoms with Crippen LogP contribution in [0.1, 0.15) is 6.42 Å². The summed E-state index contributed by atoms with van der Waals surface area (Å²) in [6.45, 7) is 4.56. The van der Waals surface area contributed by atoms with E-state index in [0.717, 1.165) is 53.7 Å². The fourth-order valence-electron chi connectivity index (χ4n) is 3.45. The number of carbonyl (C=O) groups excluding carboxylic acids is 1. The highest BCUT2D eigenvalue weighted by atomic mass is 32.2. The smallest absolute Gasteiger partial charge is 0.229 e. The summed E-state index contributed by atoms with van der Waals surface area (Å²) < 4.78 is 24.9. The van der Waals surface area contributed by atoms with Crippen LogP contribution >= 0.6 is 23.1 Å². The van der Waals surface area contributed by atoms with Crippen molar-refractivity contribution in [3.63, 3.8) is 0 Å². The molecule has 170 valence electrons. The Morgan fingerprint density at radius 3 is 2.78 bits per heavy atom. The lowest BCUT2D eigenvalue weighted by atomic mass is 10.3. The van der Waals surface area contributed by atoms with Crippen molar-refractivity contribution in [3.05, 3.63) is 48.3 Å². The van der Waals surface area contributed by atoms with Gasteiger partial charge in [0.2, 0.25) is 5.91 Å². The van der Waals surface area contributed by atoms with E-state index in [-0.39, 0.29) is 11.7 Å². The van der Waals surface area contributed by atoms with Gasteiger partial charge < -0.3 is 9.47 Å². The van der Waals surface area contributed by atoms with Gasteiger partial charge >= 0.3 is 0 Å². The molecule has 2 aromatic carbocycles. The van der Waals surface area contributed by atoms with Crippen LogP contribution in [-0.2, 0) is 9.53 Å². The van der Waals surface area contributed by atoms with Crippen molar-refractivity contribution >= 4 is 44.4 Å². The van der Waals surface area contributed by atoms with E-state index in [0.29, 0.717) is 23.8 Å². The zero-order chi connectivity index (χ0) is 22.3. The van der Waals surface area contributed by atoms with Crippen molar-refractivity contribution in [2.45, 2.75) is 11.3 Å². The fourth-order valence-corrected chi connectivity index (χ4v) is 5.33. The maximum absolute atomic E-state index is 13.2. The quantitative estimate of drug-likeness (QED) is 0.431. The summed E-state index contributed by atoms with van der Waals surface area (Å²) in [5.41, 5.74) is 0.857. The van der Waals surface area contributed by atoms with Crippen LogP contribution in [0.5, 0.6) is 5.75 Å². The number of methoxy groups -OCH3 is 1. The number of hydrogen-bond donors (Lipinski definition) is 0. The minimum absolute atomic E-state index is 0.0406. The van der Waals surface area contributed by atoms with Crippen LogP contribution in [0.2, 0.25) is 0 Å². The molecule has 4 rings (SSSR count). The number of anilines is 1. The summed E-state index contributed by atoms with van der Waals surface area (Å²) in [4.78, 5) is 23.0. The predicted molar refractivity (Wildman–Crippen MR) is 128 cm³/mol. The second-order valence-electron chi connectivity index (χ2n) is 7.38. The lowest BCUT2D eigenvalue weighted by Gasteiger charge is -2.29. The van der Waals surface area contributed by atoms with Crippen molar-refractivity contribution in [2.24, 2.45) is 0 Å². The Hall–Kier alpha value is -2.20. The van der Waals surface area contributed by atoms with Gasteiger partial charge in [0.1, 0.15) is 11.6 Å². The van der Waals surface area contributed by atoms with Gasteiger partial charge in [0.25, 0.3) is 0 Å². The Labute approximate surface area is 195 Å². The fraction of sp³-hybridized carbons (Fsp3) is 0.391. The van der Waals surface area contributed by atoms with Gasteiger partial charge in [-0.25, -0.2) is 9.37 Å². The second-order valence-corrected chi connectivity index (χ2v) is 9.56. The first-order valence-corrected chi connectivity index (χ1v) is 12.4. The average Bonchev–Trinajstić information content (AvgIpc) is 3.24. The molecular formula is C23H26FN3O3S2. The van der Waals surface area contributed by atoms with Crippen molar-refractivity contribution in [3.8, 4) is 5.75 Å². The summed E-state index contributed by atoms with van der Waals surface area (Å²) in [5.74, 6) is 1.18. The van der Waals surface area contributed by atoms with Gasteiger partial charge in [-0.3, -0.25) is 14.6 Å². The summed E-state index contributed by atoms with van der Waals surface area (Å²) in [6.07, 6.45) is 0.379. The number of benzene rings is 2. The number of ether oxygens (including phenoxy) is 2. The summed E-state index contributed by atoms with van der Waals surface area (Å²) >= 11 is 3.06. The lowest BCUT2D eigenvalue weighted by Crippen LogP contribution is -2.43. The molecule has 2 heterocycles. The summed E-state index contributed by atoms with van der Waals surface area (Å²) in [7, 11) is 1.64. The number of carbonyl (C=O) groups is 1. The maximum Gasteiger partial charge on any atom is 0.229 e. The molecule has 0 radical (unpaired) electrons. The number of thioether (sulfide) groups is 1. The van der Waals surface area contributed by atoms with Gasteiger partial charge in [0.15, 0.2) is 5.13 Å². The largest absolute Gasteiger partial charge is 0.497 e. The predicted octanol–water partition coefficient (Wildman–Crippen LogP) is 4.29. The van der Waals surface area contributed by atoms with Gasteiger partial charge in [0, 0.05) is 43.2 Å². The Morgan fingerprint density at radius 1 is 1.25 bits per heavy atom. The van der Waals surface area contributed by atoms with Crippen LogP contribution in [0.3, 0.4) is 0 Å². The van der Waals surface area contributed by atoms with E-state index in [1.54, 1.807) is 35.9 Å². The van der Waals surface area contributed by atoms with Gasteiger partial charge in [-0.15, -0.1) is 11.8 Å². The molecule has 3 aromatic rings. The SMILES string of the molecule is COc1ccc2nc(N(CCN3CCOCC3)C(=O)CCSc3ccc(F)cc3)sc2c1. The highest BCUT2D eigenvalue weighted by molar-refractivity contribution is 7.99. The molecule has 1 aliphatic rings. The molecular weight excluding hydrogens is 449 g/mol. The number of amides is 1. The lowest BCUT2D eigenvalue weighted by molar-refractivity contribution is -0.118. The van der Waals surface area contributed by atoms with Crippen LogP contribution in [-0.4, -0.2) is 68.0 Å². The molecule has 0 unspecified atom stereocenters. The molecule has 32 heavy (non-hydrogen) atoms. The van der Waals surface area contributed by atoms with Crippen LogP contribution in [0.25, 0.3) is 10.2 Å². The minimum Gasteiger partial charge on any atom is -0.497 e. The number of halogens is 1. The van der Waals surface area contributed by atoms with E-state index in [1.165, 1.54) is 23.5 Å². The third-order valence-corrected chi connectivity index (χ3v) is 7.31. The van der Waals surface area contributed by atoms with E-state index < -0.39 is 0 Å². The number of nitrogens with zero attached hydrogens (tertiary/aromatic N) is 3. The molecule has 1 saturated heterocycles. The third kappa shape index (κ3) is 5.98. The van der Waals surface area contributed by atoms with E-state index in [4.69, 9.17) is 14.5 Å². The Balaban J connectivity index is 1.45. The monoisotopic (exact) mass is 475 g/mol. The molecule has 6 nitrogen and oxygen atoms in total. The molecule has 0 atom stereocenters. The van der Waals surface area contributed by atoms with Crippen molar-refractivity contribution in [1.29, 1.82) is 0 Å². The third-order valence-electron chi connectivity index (χ3n) is 5.26. The molecule has 0 N–H and O–H groups in total. The molecule has 0 spiro atoms. The minimum atomic E-state index is -0.257. The second kappa shape index (κ2) is 11.1. The number of morpholine rings is 1. The van der Waals surface area contributed by atoms with E-state index in [2.05, 4.69) is 4.90 Å². The van der Waals surface area contributed by atoms with E-state index in [9.17, 15) is 9.18 Å². The van der Waals surface area contributed by atoms with Crippen LogP contribution in [0.4, 0.5) is 9.52 Å². The maximum atomic E-state index is 13.2. The van der Waals surface area contributed by atoms with Gasteiger partial charge in [-0.2, -0.15) is 0 Å². The van der Waals surface area contributed by atoms with Crippen molar-refractivity contribution in [1.82, 2.24) is 9.88 Å². The first-order valence-electron chi connectivity index (χ1n) is 10.6. The molecule has 1 aliphatic heterocycles. The topological polar surface area (TPSA) is 54.9 Å². The van der Waals surface area contributed by atoms with Crippen LogP contribution in [0.15, 0.2) is 47.4 Å². The normalized spacial score (nSPS) is 14.6. The highest BCUT2D eigenvalue weighted by Gasteiger charge is 2.21. The number of aromatic nitrogens is 1. The zero-order valence-electron chi connectivity index (χ0n) is 18.0. The molecule has 0 saturated carbocycles. The highest BCUT2D eigenvalue weighted by Crippen LogP contribution is 2.32. The number of thiazole rings is 1. The molecule has 1 aromatic heterocycles. The van der Waals surface area contributed by atoms with E-state index in [1.807, 2.05) is 18.2 Å². The van der Waals surface area contributed by atoms with Gasteiger partial charge in [-0.1, -0.05) is 11.3 Å². The molecule has 9 heteroatoms. The van der Waals surface area contributed by atoms with Crippen molar-refractivity contribution in [2.75, 3.05) is 57.2 Å². The van der Waals surface area contributed by atoms with Gasteiger partial charge in [0.05, 0.1) is 30.5 Å². The van der Waals surface area contributed by atoms with Crippen molar-refractivity contribution < 1.29 is 18.7 Å². The van der Waals surface area contributed by atoms with Crippen LogP contribution < -0.4 is 9.64 Å². The number of rotatable bonds is 9. The Kier molecular flexibility index (Phi) is 7.96. The molecule has 0 bridgehead atoms. The zero-order valence-corrected chi connectivity index (χ0v) is 19.6. The first-order chi connectivity index (χ1) is 15.6. The van der Waals surface area contributed by atoms with E-state index >= 15 is 0 Å². The first kappa shape index (κ1) is 23.0. The molecule has 1 fully saturated rings. The number of fused-ring (bicyclic) bond motifs is 1. The molecule has 0 aliphatic carbocycles. The summed E-state index contributed by atoms with van der Waals surface area (Å²) in [6, 6.07) is 12.1. The average molecular weight is 476 g/mol. The standard InChI is InChI=1S/C23H26FN3O3S2/c1-29-18-4-7-20-21(16-18)32-23(25-20)27(10-9-26-11-13-30-14-12-26)22(28)8-15-31-19-5-2-17(24)3-6-19/h2-7,16H,8-15H2,1H3. The number of hydrogen-bond acceptors (Lipinski definition) is 7. The summed E-state index contributed by atoms with van der Waals surface area (Å²) in [5, 5.41) is 0.707. The van der Waals surface area contributed by atoms with Gasteiger partial charge in [-0.05, 0) is 42.5 Å². The molecule has 1 amide bonds.